The van der Waals surface area contributed by atoms with Crippen molar-refractivity contribution in [3.63, 3.8) is 0 Å². The molecule has 3 heteroatoms. The predicted molar refractivity (Wildman–Crippen MR) is 72.6 cm³/mol. The summed E-state index contributed by atoms with van der Waals surface area (Å²) in [7, 11) is 0. The smallest absolute Gasteiger partial charge is 0.245 e. The second-order valence-corrected chi connectivity index (χ2v) is 5.29. The first-order valence-electron chi connectivity index (χ1n) is 6.94. The maximum atomic E-state index is 12.5. The van der Waals surface area contributed by atoms with Gasteiger partial charge in [0, 0.05) is 24.7 Å². The van der Waals surface area contributed by atoms with E-state index in [1.165, 1.54) is 12.0 Å². The van der Waals surface area contributed by atoms with E-state index in [2.05, 4.69) is 29.3 Å². The second kappa shape index (κ2) is 4.63. The fourth-order valence-electron chi connectivity index (χ4n) is 3.20. The largest absolute Gasteiger partial charge is 0.373 e. The molecular weight excluding hydrogens is 224 g/mol. The van der Waals surface area contributed by atoms with Gasteiger partial charge in [0.25, 0.3) is 0 Å². The van der Waals surface area contributed by atoms with Crippen molar-refractivity contribution in [3.05, 3.63) is 29.8 Å². The molecule has 0 bridgehead atoms. The third-order valence-electron chi connectivity index (χ3n) is 4.20. The minimum absolute atomic E-state index is 0.0467. The van der Waals surface area contributed by atoms with Gasteiger partial charge in [-0.15, -0.1) is 0 Å². The van der Waals surface area contributed by atoms with Crippen LogP contribution in [0.4, 0.5) is 5.69 Å². The molecule has 1 saturated heterocycles. The molecule has 2 aliphatic heterocycles. The summed E-state index contributed by atoms with van der Waals surface area (Å²) in [5, 5.41) is 3.36. The lowest BCUT2D eigenvalue weighted by atomic mass is 10.1. The fourth-order valence-corrected chi connectivity index (χ4v) is 3.20. The number of rotatable bonds is 2. The number of hydrogen-bond donors (Lipinski definition) is 1. The zero-order chi connectivity index (χ0) is 12.5. The average Bonchev–Trinajstić information content (AvgIpc) is 3.03. The minimum atomic E-state index is -0.0467. The van der Waals surface area contributed by atoms with E-state index in [1.54, 1.807) is 0 Å². The van der Waals surface area contributed by atoms with Gasteiger partial charge in [-0.3, -0.25) is 4.79 Å². The lowest BCUT2D eigenvalue weighted by Crippen LogP contribution is -2.44. The minimum Gasteiger partial charge on any atom is -0.373 e. The highest BCUT2D eigenvalue weighted by Crippen LogP contribution is 2.28. The van der Waals surface area contributed by atoms with Crippen molar-refractivity contribution in [3.8, 4) is 0 Å². The lowest BCUT2D eigenvalue weighted by Gasteiger charge is -2.26. The number of amides is 1. The maximum Gasteiger partial charge on any atom is 0.245 e. The standard InChI is InChI=1S/C15H20N2O/c1-2-12-7-5-9-17(12)15(18)14-10-11-6-3-4-8-13(11)16-14/h3-4,6,8,12,14,16H,2,5,7,9-10H2,1H3. The van der Waals surface area contributed by atoms with E-state index in [0.29, 0.717) is 6.04 Å². The summed E-state index contributed by atoms with van der Waals surface area (Å²) in [6.45, 7) is 3.11. The molecule has 3 rings (SSSR count). The van der Waals surface area contributed by atoms with Gasteiger partial charge in [-0.1, -0.05) is 25.1 Å². The maximum absolute atomic E-state index is 12.5. The van der Waals surface area contributed by atoms with Crippen LogP contribution >= 0.6 is 0 Å². The van der Waals surface area contributed by atoms with Crippen molar-refractivity contribution in [1.82, 2.24) is 4.90 Å². The van der Waals surface area contributed by atoms with Crippen LogP contribution in [-0.2, 0) is 11.2 Å². The Morgan fingerprint density at radius 1 is 1.44 bits per heavy atom. The number of nitrogens with one attached hydrogen (secondary N) is 1. The number of hydrogen-bond acceptors (Lipinski definition) is 2. The number of nitrogens with zero attached hydrogens (tertiary/aromatic N) is 1. The molecule has 0 radical (unpaired) electrons. The Hall–Kier alpha value is -1.51. The molecule has 96 valence electrons. The van der Waals surface area contributed by atoms with E-state index in [1.807, 2.05) is 12.1 Å². The molecule has 1 fully saturated rings. The summed E-state index contributed by atoms with van der Waals surface area (Å²) >= 11 is 0. The Labute approximate surface area is 108 Å². The zero-order valence-corrected chi connectivity index (χ0v) is 10.9. The van der Waals surface area contributed by atoms with E-state index >= 15 is 0 Å². The number of para-hydroxylation sites is 1. The van der Waals surface area contributed by atoms with Crippen LogP contribution in [0.5, 0.6) is 0 Å². The Kier molecular flexibility index (Phi) is 2.98. The van der Waals surface area contributed by atoms with Crippen molar-refractivity contribution in [1.29, 1.82) is 0 Å². The van der Waals surface area contributed by atoms with E-state index < -0.39 is 0 Å². The van der Waals surface area contributed by atoms with E-state index in [0.717, 1.165) is 31.5 Å². The number of carbonyl (C=O) groups is 1. The Bertz CT molecular complexity index is 433. The van der Waals surface area contributed by atoms with Crippen LogP contribution in [0.25, 0.3) is 0 Å². The van der Waals surface area contributed by atoms with Gasteiger partial charge in [0.15, 0.2) is 0 Å². The first kappa shape index (κ1) is 11.6. The highest BCUT2D eigenvalue weighted by molar-refractivity contribution is 5.87. The van der Waals surface area contributed by atoms with Crippen molar-refractivity contribution < 1.29 is 4.79 Å². The van der Waals surface area contributed by atoms with Crippen LogP contribution < -0.4 is 5.32 Å². The van der Waals surface area contributed by atoms with Gasteiger partial charge < -0.3 is 10.2 Å². The van der Waals surface area contributed by atoms with Crippen LogP contribution in [0.3, 0.4) is 0 Å². The van der Waals surface area contributed by atoms with Crippen LogP contribution in [0, 0.1) is 0 Å². The van der Waals surface area contributed by atoms with E-state index in [9.17, 15) is 4.79 Å². The van der Waals surface area contributed by atoms with Crippen molar-refractivity contribution in [2.45, 2.75) is 44.7 Å². The molecule has 3 nitrogen and oxygen atoms in total. The third kappa shape index (κ3) is 1.88. The molecule has 2 unspecified atom stereocenters. The highest BCUT2D eigenvalue weighted by atomic mass is 16.2. The molecule has 18 heavy (non-hydrogen) atoms. The molecule has 1 N–H and O–H groups in total. The molecule has 1 amide bonds. The molecule has 0 spiro atoms. The molecule has 1 aromatic carbocycles. The summed E-state index contributed by atoms with van der Waals surface area (Å²) < 4.78 is 0. The Balaban J connectivity index is 1.72. The third-order valence-corrected chi connectivity index (χ3v) is 4.20. The van der Waals surface area contributed by atoms with Gasteiger partial charge >= 0.3 is 0 Å². The second-order valence-electron chi connectivity index (χ2n) is 5.29. The first-order valence-corrected chi connectivity index (χ1v) is 6.94. The molecular formula is C15H20N2O. The Morgan fingerprint density at radius 2 is 2.28 bits per heavy atom. The molecule has 0 aliphatic carbocycles. The van der Waals surface area contributed by atoms with Gasteiger partial charge in [0.2, 0.25) is 5.91 Å². The molecule has 1 aromatic rings. The molecule has 2 aliphatic rings. The monoisotopic (exact) mass is 244 g/mol. The molecule has 0 saturated carbocycles. The van der Waals surface area contributed by atoms with Gasteiger partial charge in [0.05, 0.1) is 0 Å². The van der Waals surface area contributed by atoms with E-state index in [4.69, 9.17) is 0 Å². The number of carbonyl (C=O) groups excluding carboxylic acids is 1. The summed E-state index contributed by atoms with van der Waals surface area (Å²) in [5.74, 6) is 0.288. The number of benzene rings is 1. The summed E-state index contributed by atoms with van der Waals surface area (Å²) in [6, 6.07) is 8.64. The van der Waals surface area contributed by atoms with E-state index in [-0.39, 0.29) is 11.9 Å². The highest BCUT2D eigenvalue weighted by Gasteiger charge is 2.34. The van der Waals surface area contributed by atoms with Gasteiger partial charge in [-0.25, -0.2) is 0 Å². The normalized spacial score (nSPS) is 25.9. The van der Waals surface area contributed by atoms with Crippen LogP contribution in [-0.4, -0.2) is 29.4 Å². The molecule has 2 heterocycles. The summed E-state index contributed by atoms with van der Waals surface area (Å²) in [5.41, 5.74) is 2.39. The SMILES string of the molecule is CCC1CCCN1C(=O)C1Cc2ccccc2N1. The lowest BCUT2D eigenvalue weighted by molar-refractivity contribution is -0.132. The topological polar surface area (TPSA) is 32.3 Å². The Morgan fingerprint density at radius 3 is 3.06 bits per heavy atom. The predicted octanol–water partition coefficient (Wildman–Crippen LogP) is 2.42. The van der Waals surface area contributed by atoms with Gasteiger partial charge in [-0.2, -0.15) is 0 Å². The summed E-state index contributed by atoms with van der Waals surface area (Å²) in [4.78, 5) is 14.6. The number of likely N-dealkylation sites (tertiary alicyclic amines) is 1. The summed E-state index contributed by atoms with van der Waals surface area (Å²) in [6.07, 6.45) is 4.24. The van der Waals surface area contributed by atoms with Crippen molar-refractivity contribution >= 4 is 11.6 Å². The molecule has 0 aromatic heterocycles. The number of anilines is 1. The van der Waals surface area contributed by atoms with Gasteiger partial charge in [0.1, 0.15) is 6.04 Å². The number of fused-ring (bicyclic) bond motifs is 1. The first-order chi connectivity index (χ1) is 8.79. The van der Waals surface area contributed by atoms with Crippen LogP contribution in [0.1, 0.15) is 31.7 Å². The molecule has 2 atom stereocenters. The van der Waals surface area contributed by atoms with Crippen LogP contribution in [0.2, 0.25) is 0 Å². The fraction of sp³-hybridized carbons (Fsp3) is 0.533. The average molecular weight is 244 g/mol. The van der Waals surface area contributed by atoms with Crippen molar-refractivity contribution in [2.75, 3.05) is 11.9 Å². The zero-order valence-electron chi connectivity index (χ0n) is 10.9. The van der Waals surface area contributed by atoms with Crippen molar-refractivity contribution in [2.24, 2.45) is 0 Å². The van der Waals surface area contributed by atoms with Gasteiger partial charge in [-0.05, 0) is 30.9 Å². The van der Waals surface area contributed by atoms with Crippen LogP contribution in [0.15, 0.2) is 24.3 Å². The quantitative estimate of drug-likeness (QED) is 0.866.